The monoisotopic (exact) mass is 341 g/mol. The highest BCUT2D eigenvalue weighted by Gasteiger charge is 2.29. The number of para-hydroxylation sites is 2. The zero-order valence-corrected chi connectivity index (χ0v) is 14.9. The maximum Gasteiger partial charge on any atom is 0.249 e. The Morgan fingerprint density at radius 3 is 2.72 bits per heavy atom. The van der Waals surface area contributed by atoms with E-state index in [0.29, 0.717) is 11.4 Å². The number of nitrogens with zero attached hydrogens (tertiary/aromatic N) is 3. The molecule has 1 aromatic carbocycles. The number of benzene rings is 1. The first-order chi connectivity index (χ1) is 11.8. The number of carbonyl (C=O) groups is 2. The second-order valence-electron chi connectivity index (χ2n) is 7.20. The van der Waals surface area contributed by atoms with E-state index in [1.54, 1.807) is 19.2 Å². The summed E-state index contributed by atoms with van der Waals surface area (Å²) >= 11 is 0. The van der Waals surface area contributed by atoms with Gasteiger partial charge >= 0.3 is 0 Å². The predicted octanol–water partition coefficient (Wildman–Crippen LogP) is 2.42. The Hall–Kier alpha value is -2.83. The van der Waals surface area contributed by atoms with Gasteiger partial charge in [-0.1, -0.05) is 12.1 Å². The smallest absolute Gasteiger partial charge is 0.249 e. The highest BCUT2D eigenvalue weighted by molar-refractivity contribution is 6.11. The van der Waals surface area contributed by atoms with Crippen LogP contribution in [0.1, 0.15) is 27.7 Å². The molecule has 0 radical (unpaired) electrons. The normalized spacial score (nSPS) is 15.4. The van der Waals surface area contributed by atoms with E-state index < -0.39 is 6.04 Å². The van der Waals surface area contributed by atoms with Gasteiger partial charge < -0.3 is 10.6 Å². The lowest BCUT2D eigenvalue weighted by Gasteiger charge is -2.31. The first kappa shape index (κ1) is 17.0. The van der Waals surface area contributed by atoms with Gasteiger partial charge in [0.1, 0.15) is 12.6 Å². The van der Waals surface area contributed by atoms with Crippen molar-refractivity contribution in [3.05, 3.63) is 36.7 Å². The maximum absolute atomic E-state index is 12.9. The molecule has 3 rings (SSSR count). The minimum absolute atomic E-state index is 0.0170. The molecule has 2 N–H and O–H groups in total. The van der Waals surface area contributed by atoms with Crippen molar-refractivity contribution in [1.29, 1.82) is 0 Å². The van der Waals surface area contributed by atoms with Crippen molar-refractivity contribution < 1.29 is 9.59 Å². The van der Waals surface area contributed by atoms with Crippen LogP contribution in [0.4, 0.5) is 17.1 Å². The Balaban J connectivity index is 1.77. The average molecular weight is 341 g/mol. The Kier molecular flexibility index (Phi) is 4.24. The fourth-order valence-corrected chi connectivity index (χ4v) is 2.74. The van der Waals surface area contributed by atoms with Crippen LogP contribution in [0.15, 0.2) is 36.7 Å². The van der Waals surface area contributed by atoms with E-state index in [1.165, 1.54) is 4.90 Å². The number of fused-ring (bicyclic) bond motifs is 1. The zero-order chi connectivity index (χ0) is 18.2. The average Bonchev–Trinajstić information content (AvgIpc) is 3.02. The molecule has 1 aliphatic heterocycles. The molecule has 0 aliphatic carbocycles. The van der Waals surface area contributed by atoms with Crippen molar-refractivity contribution in [2.75, 3.05) is 22.1 Å². The number of hydrogen-bond donors (Lipinski definition) is 2. The molecule has 1 aromatic heterocycles. The number of hydrogen-bond acceptors (Lipinski definition) is 4. The summed E-state index contributed by atoms with van der Waals surface area (Å²) in [6.07, 6.45) is 3.58. The lowest BCUT2D eigenvalue weighted by Crippen LogP contribution is -2.47. The summed E-state index contributed by atoms with van der Waals surface area (Å²) in [7, 11) is 0. The topological polar surface area (TPSA) is 79.3 Å². The van der Waals surface area contributed by atoms with E-state index in [1.807, 2.05) is 29.1 Å². The Morgan fingerprint density at radius 2 is 2.04 bits per heavy atom. The highest BCUT2D eigenvalue weighted by atomic mass is 16.2. The lowest BCUT2D eigenvalue weighted by molar-refractivity contribution is -0.122. The first-order valence-corrected chi connectivity index (χ1v) is 8.27. The second kappa shape index (κ2) is 6.23. The van der Waals surface area contributed by atoms with Gasteiger partial charge in [0.15, 0.2) is 0 Å². The van der Waals surface area contributed by atoms with Crippen LogP contribution in [0.25, 0.3) is 0 Å². The molecular formula is C18H23N5O2. The zero-order valence-electron chi connectivity index (χ0n) is 14.9. The van der Waals surface area contributed by atoms with Crippen LogP contribution >= 0.6 is 0 Å². The summed E-state index contributed by atoms with van der Waals surface area (Å²) in [6, 6.07) is 6.81. The minimum atomic E-state index is -0.489. The van der Waals surface area contributed by atoms with Gasteiger partial charge in [0, 0.05) is 6.20 Å². The number of aromatic nitrogens is 2. The van der Waals surface area contributed by atoms with E-state index >= 15 is 0 Å². The molecule has 0 saturated carbocycles. The molecule has 0 spiro atoms. The largest absolute Gasteiger partial charge is 0.371 e. The molecule has 1 atom stereocenters. The van der Waals surface area contributed by atoms with Gasteiger partial charge in [0.2, 0.25) is 11.8 Å². The summed E-state index contributed by atoms with van der Waals surface area (Å²) in [5.41, 5.74) is 2.01. The first-order valence-electron chi connectivity index (χ1n) is 8.27. The van der Waals surface area contributed by atoms with Gasteiger partial charge in [0.05, 0.1) is 28.8 Å². The van der Waals surface area contributed by atoms with E-state index in [0.717, 1.165) is 5.69 Å². The molecule has 2 aromatic rings. The number of anilines is 3. The van der Waals surface area contributed by atoms with Gasteiger partial charge in [-0.15, -0.1) is 0 Å². The summed E-state index contributed by atoms with van der Waals surface area (Å²) in [6.45, 7) is 7.97. The molecule has 132 valence electrons. The summed E-state index contributed by atoms with van der Waals surface area (Å²) in [5, 5.41) is 10.3. The number of nitrogens with one attached hydrogen (secondary N) is 2. The number of carbonyl (C=O) groups excluding carboxylic acids is 2. The van der Waals surface area contributed by atoms with Gasteiger partial charge in [-0.05, 0) is 39.8 Å². The molecule has 2 amide bonds. The summed E-state index contributed by atoms with van der Waals surface area (Å²) in [4.78, 5) is 26.3. The molecule has 7 heteroatoms. The van der Waals surface area contributed by atoms with E-state index in [9.17, 15) is 9.59 Å². The minimum Gasteiger partial charge on any atom is -0.371 e. The van der Waals surface area contributed by atoms with E-state index in [-0.39, 0.29) is 23.9 Å². The molecule has 0 unspecified atom stereocenters. The Morgan fingerprint density at radius 1 is 1.32 bits per heavy atom. The standard InChI is InChI=1S/C18H23N5O2/c1-12(20-13-9-19-23(10-13)18(2,3)4)17(25)22-11-16(24)21-14-7-5-6-8-15(14)22/h5-10,12,20H,11H2,1-4H3,(H,21,24)/t12-/m0/s1. The molecule has 25 heavy (non-hydrogen) atoms. The van der Waals surface area contributed by atoms with Crippen LogP contribution in [0.2, 0.25) is 0 Å². The third-order valence-electron chi connectivity index (χ3n) is 4.06. The number of rotatable bonds is 3. The van der Waals surface area contributed by atoms with Crippen molar-refractivity contribution in [1.82, 2.24) is 9.78 Å². The molecule has 0 bridgehead atoms. The van der Waals surface area contributed by atoms with Gasteiger partial charge in [-0.2, -0.15) is 5.10 Å². The third kappa shape index (κ3) is 3.50. The fourth-order valence-electron chi connectivity index (χ4n) is 2.74. The summed E-state index contributed by atoms with van der Waals surface area (Å²) in [5.74, 6) is -0.356. The van der Waals surface area contributed by atoms with E-state index in [2.05, 4.69) is 36.5 Å². The Bertz CT molecular complexity index is 806. The highest BCUT2D eigenvalue weighted by Crippen LogP contribution is 2.29. The van der Waals surface area contributed by atoms with Gasteiger partial charge in [-0.3, -0.25) is 19.2 Å². The van der Waals surface area contributed by atoms with Crippen LogP contribution in [-0.4, -0.2) is 34.2 Å². The SMILES string of the molecule is C[C@H](Nc1cnn(C(C)(C)C)c1)C(=O)N1CC(=O)Nc2ccccc21. The fraction of sp³-hybridized carbons (Fsp3) is 0.389. The van der Waals surface area contributed by atoms with Crippen LogP contribution < -0.4 is 15.5 Å². The maximum atomic E-state index is 12.9. The van der Waals surface area contributed by atoms with Crippen molar-refractivity contribution in [2.45, 2.75) is 39.3 Å². The predicted molar refractivity (Wildman–Crippen MR) is 97.7 cm³/mol. The second-order valence-corrected chi connectivity index (χ2v) is 7.20. The number of amides is 2. The molecular weight excluding hydrogens is 318 g/mol. The molecule has 1 aliphatic rings. The quantitative estimate of drug-likeness (QED) is 0.899. The van der Waals surface area contributed by atoms with Gasteiger partial charge in [0.25, 0.3) is 0 Å². The Labute approximate surface area is 147 Å². The van der Waals surface area contributed by atoms with Crippen molar-refractivity contribution in [2.24, 2.45) is 0 Å². The molecule has 2 heterocycles. The van der Waals surface area contributed by atoms with Crippen LogP contribution in [0.3, 0.4) is 0 Å². The van der Waals surface area contributed by atoms with Crippen LogP contribution in [0.5, 0.6) is 0 Å². The molecule has 0 saturated heterocycles. The van der Waals surface area contributed by atoms with Crippen molar-refractivity contribution >= 4 is 28.9 Å². The van der Waals surface area contributed by atoms with Crippen molar-refractivity contribution in [3.8, 4) is 0 Å². The van der Waals surface area contributed by atoms with Gasteiger partial charge in [-0.25, -0.2) is 0 Å². The summed E-state index contributed by atoms with van der Waals surface area (Å²) < 4.78 is 1.84. The van der Waals surface area contributed by atoms with Crippen LogP contribution in [-0.2, 0) is 15.1 Å². The molecule has 0 fully saturated rings. The lowest BCUT2D eigenvalue weighted by atomic mass is 10.1. The molecule has 7 nitrogen and oxygen atoms in total. The van der Waals surface area contributed by atoms with Crippen LogP contribution in [0, 0.1) is 0 Å². The third-order valence-corrected chi connectivity index (χ3v) is 4.06. The van der Waals surface area contributed by atoms with Crippen molar-refractivity contribution in [3.63, 3.8) is 0 Å². The van der Waals surface area contributed by atoms with E-state index in [4.69, 9.17) is 0 Å².